The third-order valence-electron chi connectivity index (χ3n) is 3.69. The Labute approximate surface area is 119 Å². The summed E-state index contributed by atoms with van der Waals surface area (Å²) in [5, 5.41) is 3.32. The molecule has 0 spiro atoms. The summed E-state index contributed by atoms with van der Waals surface area (Å²) in [6.45, 7) is 5.76. The number of carbonyl (C=O) groups is 1. The number of carbonyl (C=O) groups excluding carboxylic acids is 1. The molecule has 1 aromatic carbocycles. The number of methoxy groups -OCH3 is 2. The molecule has 2 unspecified atom stereocenters. The number of nitrogens with zero attached hydrogens (tertiary/aromatic N) is 1. The van der Waals surface area contributed by atoms with E-state index in [1.54, 1.807) is 32.4 Å². The Bertz CT molecular complexity index is 480. The predicted molar refractivity (Wildman–Crippen MR) is 77.5 cm³/mol. The third kappa shape index (κ3) is 2.72. The van der Waals surface area contributed by atoms with Gasteiger partial charge >= 0.3 is 0 Å². The molecule has 0 radical (unpaired) electrons. The van der Waals surface area contributed by atoms with Crippen LogP contribution in [0.1, 0.15) is 24.2 Å². The molecule has 0 bridgehead atoms. The summed E-state index contributed by atoms with van der Waals surface area (Å²) in [5.41, 5.74) is 0.628. The summed E-state index contributed by atoms with van der Waals surface area (Å²) in [6.07, 6.45) is 0. The second-order valence-electron chi connectivity index (χ2n) is 5.14. The Morgan fingerprint density at radius 1 is 1.15 bits per heavy atom. The zero-order valence-corrected chi connectivity index (χ0v) is 12.5. The normalized spacial score (nSPS) is 22.5. The highest BCUT2D eigenvalue weighted by Gasteiger charge is 2.29. The van der Waals surface area contributed by atoms with E-state index in [1.165, 1.54) is 0 Å². The largest absolute Gasteiger partial charge is 0.493 e. The molecule has 1 saturated heterocycles. The molecule has 1 aliphatic rings. The molecule has 1 heterocycles. The summed E-state index contributed by atoms with van der Waals surface area (Å²) >= 11 is 0. The number of amides is 1. The van der Waals surface area contributed by atoms with Gasteiger partial charge in [0.1, 0.15) is 0 Å². The van der Waals surface area contributed by atoms with E-state index in [0.29, 0.717) is 17.1 Å². The van der Waals surface area contributed by atoms with Crippen LogP contribution < -0.4 is 14.8 Å². The molecule has 5 heteroatoms. The third-order valence-corrected chi connectivity index (χ3v) is 3.69. The van der Waals surface area contributed by atoms with E-state index in [2.05, 4.69) is 19.2 Å². The van der Waals surface area contributed by atoms with Gasteiger partial charge in [-0.3, -0.25) is 4.79 Å². The van der Waals surface area contributed by atoms with Crippen LogP contribution >= 0.6 is 0 Å². The van der Waals surface area contributed by atoms with Gasteiger partial charge in [0.25, 0.3) is 5.91 Å². The first-order valence-electron chi connectivity index (χ1n) is 6.84. The molecule has 0 aromatic heterocycles. The van der Waals surface area contributed by atoms with Crippen LogP contribution in [-0.2, 0) is 0 Å². The minimum Gasteiger partial charge on any atom is -0.493 e. The Balaban J connectivity index is 2.28. The fourth-order valence-corrected chi connectivity index (χ4v) is 2.65. The van der Waals surface area contributed by atoms with Crippen LogP contribution in [0.4, 0.5) is 0 Å². The van der Waals surface area contributed by atoms with E-state index >= 15 is 0 Å². The minimum absolute atomic E-state index is 0.0347. The molecule has 1 aliphatic heterocycles. The summed E-state index contributed by atoms with van der Waals surface area (Å²) < 4.78 is 10.5. The Morgan fingerprint density at radius 2 is 1.75 bits per heavy atom. The summed E-state index contributed by atoms with van der Waals surface area (Å²) in [4.78, 5) is 14.6. The average molecular weight is 278 g/mol. The SMILES string of the molecule is COc1ccc(C(=O)N2C(C)CNCC2C)cc1OC. The summed E-state index contributed by atoms with van der Waals surface area (Å²) in [7, 11) is 3.15. The van der Waals surface area contributed by atoms with Gasteiger partial charge in [-0.05, 0) is 32.0 Å². The first-order valence-corrected chi connectivity index (χ1v) is 6.84. The van der Waals surface area contributed by atoms with E-state index in [-0.39, 0.29) is 18.0 Å². The maximum atomic E-state index is 12.7. The highest BCUT2D eigenvalue weighted by atomic mass is 16.5. The van der Waals surface area contributed by atoms with Gasteiger partial charge in [-0.1, -0.05) is 0 Å². The van der Waals surface area contributed by atoms with Crippen molar-refractivity contribution >= 4 is 5.91 Å². The molecule has 5 nitrogen and oxygen atoms in total. The van der Waals surface area contributed by atoms with Gasteiger partial charge in [-0.15, -0.1) is 0 Å². The van der Waals surface area contributed by atoms with Crippen LogP contribution in [-0.4, -0.2) is 50.2 Å². The first kappa shape index (κ1) is 14.7. The molecule has 1 amide bonds. The zero-order chi connectivity index (χ0) is 14.7. The maximum absolute atomic E-state index is 12.7. The number of ether oxygens (including phenoxy) is 2. The summed E-state index contributed by atoms with van der Waals surface area (Å²) in [6, 6.07) is 5.65. The number of hydrogen-bond donors (Lipinski definition) is 1. The van der Waals surface area contributed by atoms with Gasteiger partial charge in [0, 0.05) is 30.7 Å². The molecule has 0 aliphatic carbocycles. The van der Waals surface area contributed by atoms with Gasteiger partial charge in [-0.25, -0.2) is 0 Å². The molecule has 1 aromatic rings. The topological polar surface area (TPSA) is 50.8 Å². The lowest BCUT2D eigenvalue weighted by molar-refractivity contribution is 0.0544. The fraction of sp³-hybridized carbons (Fsp3) is 0.533. The first-order chi connectivity index (χ1) is 9.58. The Morgan fingerprint density at radius 3 is 2.30 bits per heavy atom. The van der Waals surface area contributed by atoms with Crippen molar-refractivity contribution in [3.63, 3.8) is 0 Å². The standard InChI is InChI=1S/C15H22N2O3/c1-10-8-16-9-11(2)17(10)15(18)12-5-6-13(19-3)14(7-12)20-4/h5-7,10-11,16H,8-9H2,1-4H3. The minimum atomic E-state index is 0.0347. The van der Waals surface area contributed by atoms with E-state index in [9.17, 15) is 4.79 Å². The number of piperazine rings is 1. The highest BCUT2D eigenvalue weighted by Crippen LogP contribution is 2.28. The maximum Gasteiger partial charge on any atom is 0.254 e. The van der Waals surface area contributed by atoms with E-state index in [1.807, 2.05) is 4.90 Å². The monoisotopic (exact) mass is 278 g/mol. The molecule has 20 heavy (non-hydrogen) atoms. The van der Waals surface area contributed by atoms with Crippen molar-refractivity contribution in [3.05, 3.63) is 23.8 Å². The van der Waals surface area contributed by atoms with Crippen LogP contribution in [0.3, 0.4) is 0 Å². The highest BCUT2D eigenvalue weighted by molar-refractivity contribution is 5.95. The van der Waals surface area contributed by atoms with Crippen LogP contribution in [0.2, 0.25) is 0 Å². The van der Waals surface area contributed by atoms with Crippen LogP contribution in [0.5, 0.6) is 11.5 Å². The van der Waals surface area contributed by atoms with Crippen molar-refractivity contribution in [1.82, 2.24) is 10.2 Å². The van der Waals surface area contributed by atoms with E-state index < -0.39 is 0 Å². The van der Waals surface area contributed by atoms with Gasteiger partial charge < -0.3 is 19.7 Å². The molecule has 0 saturated carbocycles. The Hall–Kier alpha value is -1.75. The summed E-state index contributed by atoms with van der Waals surface area (Å²) in [5.74, 6) is 1.24. The van der Waals surface area contributed by atoms with Gasteiger partial charge in [0.2, 0.25) is 0 Å². The molecule has 2 atom stereocenters. The molecular formula is C15H22N2O3. The van der Waals surface area contributed by atoms with Crippen LogP contribution in [0, 0.1) is 0 Å². The average Bonchev–Trinajstić information content (AvgIpc) is 2.46. The van der Waals surface area contributed by atoms with E-state index in [4.69, 9.17) is 9.47 Å². The van der Waals surface area contributed by atoms with Crippen LogP contribution in [0.25, 0.3) is 0 Å². The lowest BCUT2D eigenvalue weighted by Crippen LogP contribution is -2.57. The number of hydrogen-bond acceptors (Lipinski definition) is 4. The number of rotatable bonds is 3. The van der Waals surface area contributed by atoms with Crippen molar-refractivity contribution in [2.75, 3.05) is 27.3 Å². The Kier molecular flexibility index (Phi) is 4.49. The zero-order valence-electron chi connectivity index (χ0n) is 12.5. The molecule has 1 N–H and O–H groups in total. The molecule has 2 rings (SSSR count). The molecule has 1 fully saturated rings. The molecule has 110 valence electrons. The van der Waals surface area contributed by atoms with Gasteiger partial charge in [0.15, 0.2) is 11.5 Å². The van der Waals surface area contributed by atoms with Crippen molar-refractivity contribution in [1.29, 1.82) is 0 Å². The molecular weight excluding hydrogens is 256 g/mol. The fourth-order valence-electron chi connectivity index (χ4n) is 2.65. The second kappa shape index (κ2) is 6.13. The van der Waals surface area contributed by atoms with Crippen molar-refractivity contribution < 1.29 is 14.3 Å². The predicted octanol–water partition coefficient (Wildman–Crippen LogP) is 1.53. The smallest absolute Gasteiger partial charge is 0.254 e. The van der Waals surface area contributed by atoms with Crippen molar-refractivity contribution in [2.45, 2.75) is 25.9 Å². The van der Waals surface area contributed by atoms with Gasteiger partial charge in [0.05, 0.1) is 14.2 Å². The van der Waals surface area contributed by atoms with Crippen LogP contribution in [0.15, 0.2) is 18.2 Å². The number of nitrogens with one attached hydrogen (secondary N) is 1. The van der Waals surface area contributed by atoms with Crippen molar-refractivity contribution in [3.8, 4) is 11.5 Å². The lowest BCUT2D eigenvalue weighted by Gasteiger charge is -2.39. The second-order valence-corrected chi connectivity index (χ2v) is 5.14. The number of benzene rings is 1. The van der Waals surface area contributed by atoms with E-state index in [0.717, 1.165) is 13.1 Å². The quantitative estimate of drug-likeness (QED) is 0.911. The van der Waals surface area contributed by atoms with Gasteiger partial charge in [-0.2, -0.15) is 0 Å². The lowest BCUT2D eigenvalue weighted by atomic mass is 10.1. The van der Waals surface area contributed by atoms with Crippen molar-refractivity contribution in [2.24, 2.45) is 0 Å².